The van der Waals surface area contributed by atoms with Crippen molar-refractivity contribution in [3.05, 3.63) is 33.3 Å². The lowest BCUT2D eigenvalue weighted by Crippen LogP contribution is -1.80. The van der Waals surface area contributed by atoms with Crippen LogP contribution in [0.4, 0.5) is 0 Å². The van der Waals surface area contributed by atoms with Crippen LogP contribution in [-0.4, -0.2) is 6.26 Å². The molecule has 0 unspecified atom stereocenters. The summed E-state index contributed by atoms with van der Waals surface area (Å²) in [6.45, 7) is 0. The number of hydrogen-bond donors (Lipinski definition) is 0. The van der Waals surface area contributed by atoms with Crippen molar-refractivity contribution in [3.8, 4) is 0 Å². The largest absolute Gasteiger partial charge is 0.161 e. The molecule has 0 N–H and O–H groups in total. The molecule has 0 nitrogen and oxygen atoms in total. The minimum atomic E-state index is 0.779. The second-order valence-electron chi connectivity index (χ2n) is 2.17. The molecule has 0 saturated heterocycles. The quantitative estimate of drug-likeness (QED) is 0.766. The lowest BCUT2D eigenvalue weighted by atomic mass is 10.2. The minimum Gasteiger partial charge on any atom is -0.161 e. The van der Waals surface area contributed by atoms with Crippen molar-refractivity contribution in [3.63, 3.8) is 0 Å². The van der Waals surface area contributed by atoms with Crippen LogP contribution in [0.5, 0.6) is 0 Å². The number of rotatable bonds is 2. The standard InChI is InChI=1S/C8H8BrClS/c1-11-5-6-2-3-7(10)4-8(6)9/h2-4H,5H2,1H3. The van der Waals surface area contributed by atoms with E-state index in [4.69, 9.17) is 11.6 Å². The van der Waals surface area contributed by atoms with Crippen LogP contribution in [0.25, 0.3) is 0 Å². The Kier molecular flexibility index (Phi) is 3.76. The van der Waals surface area contributed by atoms with Crippen molar-refractivity contribution in [2.45, 2.75) is 5.75 Å². The van der Waals surface area contributed by atoms with E-state index in [0.29, 0.717) is 0 Å². The van der Waals surface area contributed by atoms with Crippen LogP contribution in [0.15, 0.2) is 22.7 Å². The number of benzene rings is 1. The molecule has 0 aromatic heterocycles. The van der Waals surface area contributed by atoms with Gasteiger partial charge >= 0.3 is 0 Å². The molecule has 0 atom stereocenters. The highest BCUT2D eigenvalue weighted by Crippen LogP contribution is 2.24. The summed E-state index contributed by atoms with van der Waals surface area (Å²) in [7, 11) is 0. The molecule has 11 heavy (non-hydrogen) atoms. The van der Waals surface area contributed by atoms with Gasteiger partial charge in [0.25, 0.3) is 0 Å². The first-order valence-electron chi connectivity index (χ1n) is 3.17. The van der Waals surface area contributed by atoms with Crippen molar-refractivity contribution in [2.24, 2.45) is 0 Å². The third kappa shape index (κ3) is 2.69. The van der Waals surface area contributed by atoms with Gasteiger partial charge in [0.05, 0.1) is 0 Å². The summed E-state index contributed by atoms with van der Waals surface area (Å²) in [5.41, 5.74) is 1.29. The lowest BCUT2D eigenvalue weighted by molar-refractivity contribution is 1.38. The van der Waals surface area contributed by atoms with Gasteiger partial charge in [-0.1, -0.05) is 33.6 Å². The fraction of sp³-hybridized carbons (Fsp3) is 0.250. The highest BCUT2D eigenvalue weighted by molar-refractivity contribution is 9.10. The molecule has 0 heterocycles. The zero-order chi connectivity index (χ0) is 8.27. The van der Waals surface area contributed by atoms with E-state index in [1.54, 1.807) is 11.8 Å². The van der Waals surface area contributed by atoms with E-state index in [1.165, 1.54) is 5.56 Å². The predicted molar refractivity (Wildman–Crippen MR) is 56.4 cm³/mol. The van der Waals surface area contributed by atoms with E-state index in [2.05, 4.69) is 22.2 Å². The first-order valence-corrected chi connectivity index (χ1v) is 5.73. The average Bonchev–Trinajstić information content (AvgIpc) is 1.95. The molecule has 0 aliphatic rings. The molecule has 0 amide bonds. The van der Waals surface area contributed by atoms with Crippen molar-refractivity contribution in [1.29, 1.82) is 0 Å². The molecule has 0 aliphatic heterocycles. The van der Waals surface area contributed by atoms with Gasteiger partial charge in [-0.2, -0.15) is 11.8 Å². The molecule has 1 rings (SSSR count). The van der Waals surface area contributed by atoms with E-state index in [9.17, 15) is 0 Å². The van der Waals surface area contributed by atoms with Crippen LogP contribution in [-0.2, 0) is 5.75 Å². The first kappa shape index (κ1) is 9.43. The zero-order valence-corrected chi connectivity index (χ0v) is 9.26. The summed E-state index contributed by atoms with van der Waals surface area (Å²) in [5.74, 6) is 1.03. The summed E-state index contributed by atoms with van der Waals surface area (Å²) in [4.78, 5) is 0. The molecular formula is C8H8BrClS. The first-order chi connectivity index (χ1) is 5.24. The van der Waals surface area contributed by atoms with E-state index >= 15 is 0 Å². The van der Waals surface area contributed by atoms with Crippen LogP contribution in [0.3, 0.4) is 0 Å². The van der Waals surface area contributed by atoms with Crippen molar-refractivity contribution in [2.75, 3.05) is 6.26 Å². The second-order valence-corrected chi connectivity index (χ2v) is 4.33. The minimum absolute atomic E-state index is 0.779. The topological polar surface area (TPSA) is 0 Å². The summed E-state index contributed by atoms with van der Waals surface area (Å²) >= 11 is 11.0. The lowest BCUT2D eigenvalue weighted by Gasteiger charge is -2.01. The molecule has 0 bridgehead atoms. The third-order valence-corrected chi connectivity index (χ3v) is 2.89. The number of halogens is 2. The van der Waals surface area contributed by atoms with Gasteiger partial charge in [-0.3, -0.25) is 0 Å². The van der Waals surface area contributed by atoms with Gasteiger partial charge in [0, 0.05) is 15.2 Å². The van der Waals surface area contributed by atoms with Crippen LogP contribution < -0.4 is 0 Å². The molecule has 1 aromatic rings. The molecular weight excluding hydrogens is 244 g/mol. The Morgan fingerprint density at radius 3 is 2.82 bits per heavy atom. The second kappa shape index (κ2) is 4.39. The number of hydrogen-bond acceptors (Lipinski definition) is 1. The normalized spacial score (nSPS) is 10.1. The van der Waals surface area contributed by atoms with E-state index in [1.807, 2.05) is 18.2 Å². The van der Waals surface area contributed by atoms with E-state index in [-0.39, 0.29) is 0 Å². The fourth-order valence-electron chi connectivity index (χ4n) is 0.794. The van der Waals surface area contributed by atoms with E-state index in [0.717, 1.165) is 15.2 Å². The molecule has 0 radical (unpaired) electrons. The molecule has 0 fully saturated rings. The molecule has 0 spiro atoms. The fourth-order valence-corrected chi connectivity index (χ4v) is 2.37. The van der Waals surface area contributed by atoms with Gasteiger partial charge in [-0.05, 0) is 24.0 Å². The Morgan fingerprint density at radius 2 is 2.27 bits per heavy atom. The molecule has 0 saturated carbocycles. The molecule has 60 valence electrons. The maximum Gasteiger partial charge on any atom is 0.0417 e. The maximum absolute atomic E-state index is 5.78. The van der Waals surface area contributed by atoms with Gasteiger partial charge in [0.1, 0.15) is 0 Å². The Balaban J connectivity index is 2.90. The summed E-state index contributed by atoms with van der Waals surface area (Å²) in [5, 5.41) is 0.779. The Morgan fingerprint density at radius 1 is 1.55 bits per heavy atom. The Bertz CT molecular complexity index is 250. The summed E-state index contributed by atoms with van der Waals surface area (Å²) in [6.07, 6.45) is 2.08. The monoisotopic (exact) mass is 250 g/mol. The van der Waals surface area contributed by atoms with Crippen molar-refractivity contribution in [1.82, 2.24) is 0 Å². The van der Waals surface area contributed by atoms with Gasteiger partial charge < -0.3 is 0 Å². The predicted octanol–water partition coefficient (Wildman–Crippen LogP) is 3.97. The zero-order valence-electron chi connectivity index (χ0n) is 6.10. The highest BCUT2D eigenvalue weighted by atomic mass is 79.9. The maximum atomic E-state index is 5.78. The summed E-state index contributed by atoms with van der Waals surface area (Å²) in [6, 6.07) is 5.88. The Labute approximate surface area is 84.5 Å². The average molecular weight is 252 g/mol. The van der Waals surface area contributed by atoms with Crippen LogP contribution in [0.1, 0.15) is 5.56 Å². The van der Waals surface area contributed by atoms with Gasteiger partial charge in [-0.25, -0.2) is 0 Å². The van der Waals surface area contributed by atoms with Gasteiger partial charge in [0.2, 0.25) is 0 Å². The Hall–Kier alpha value is 0.340. The molecule has 0 aliphatic carbocycles. The van der Waals surface area contributed by atoms with Crippen LogP contribution >= 0.6 is 39.3 Å². The van der Waals surface area contributed by atoms with E-state index < -0.39 is 0 Å². The van der Waals surface area contributed by atoms with Crippen molar-refractivity contribution >= 4 is 39.3 Å². The van der Waals surface area contributed by atoms with Gasteiger partial charge in [0.15, 0.2) is 0 Å². The number of thioether (sulfide) groups is 1. The third-order valence-electron chi connectivity index (χ3n) is 1.31. The van der Waals surface area contributed by atoms with Crippen molar-refractivity contribution < 1.29 is 0 Å². The smallest absolute Gasteiger partial charge is 0.0417 e. The van der Waals surface area contributed by atoms with Crippen LogP contribution in [0.2, 0.25) is 5.02 Å². The van der Waals surface area contributed by atoms with Crippen LogP contribution in [0, 0.1) is 0 Å². The highest BCUT2D eigenvalue weighted by Gasteiger charge is 1.98. The molecule has 3 heteroatoms. The SMILES string of the molecule is CSCc1ccc(Cl)cc1Br. The van der Waals surface area contributed by atoms with Gasteiger partial charge in [-0.15, -0.1) is 0 Å². The summed E-state index contributed by atoms with van der Waals surface area (Å²) < 4.78 is 1.10. The molecule has 1 aromatic carbocycles.